The highest BCUT2D eigenvalue weighted by Crippen LogP contribution is 1.96. The lowest BCUT2D eigenvalue weighted by Crippen LogP contribution is -2.01. The van der Waals surface area contributed by atoms with Crippen molar-refractivity contribution in [3.05, 3.63) is 24.5 Å². The second kappa shape index (κ2) is 3.88. The molecule has 0 bridgehead atoms. The highest BCUT2D eigenvalue weighted by Gasteiger charge is 2.00. The van der Waals surface area contributed by atoms with E-state index < -0.39 is 0 Å². The molecule has 0 aliphatic carbocycles. The molecular weight excluding hydrogens is 128 g/mol. The van der Waals surface area contributed by atoms with Crippen LogP contribution in [0.5, 0.6) is 0 Å². The molecule has 0 saturated heterocycles. The molecule has 2 heteroatoms. The molecule has 56 valence electrons. The van der Waals surface area contributed by atoms with Gasteiger partial charge in [0.25, 0.3) is 0 Å². The summed E-state index contributed by atoms with van der Waals surface area (Å²) in [6.07, 6.45) is 2.62. The maximum absolute atomic E-state index is 10.8. The van der Waals surface area contributed by atoms with Gasteiger partial charge in [-0.05, 0) is 12.2 Å². The van der Waals surface area contributed by atoms with Gasteiger partial charge in [-0.25, -0.2) is 0 Å². The predicted octanol–water partition coefficient (Wildman–Crippen LogP) is 1.84. The number of hydrogen-bond donors (Lipinski definition) is 1. The van der Waals surface area contributed by atoms with Crippen LogP contribution in [-0.2, 0) is 4.79 Å². The second-order valence-corrected chi connectivity index (χ2v) is 2.38. The third-order valence-electron chi connectivity index (χ3n) is 1.01. The van der Waals surface area contributed by atoms with E-state index in [4.69, 9.17) is 5.11 Å². The number of rotatable bonds is 3. The van der Waals surface area contributed by atoms with Crippen molar-refractivity contribution >= 4 is 5.78 Å². The van der Waals surface area contributed by atoms with Gasteiger partial charge in [-0.2, -0.15) is 0 Å². The molecule has 0 saturated carbocycles. The van der Waals surface area contributed by atoms with Gasteiger partial charge in [0, 0.05) is 5.92 Å². The van der Waals surface area contributed by atoms with Crippen LogP contribution in [0.1, 0.15) is 13.8 Å². The van der Waals surface area contributed by atoms with Crippen molar-refractivity contribution in [3.63, 3.8) is 0 Å². The van der Waals surface area contributed by atoms with Gasteiger partial charge in [-0.1, -0.05) is 20.4 Å². The molecule has 0 rings (SSSR count). The molecule has 0 radical (unpaired) electrons. The fourth-order valence-electron chi connectivity index (χ4n) is 0.371. The molecule has 10 heavy (non-hydrogen) atoms. The van der Waals surface area contributed by atoms with Gasteiger partial charge in [0.05, 0.1) is 0 Å². The normalized spacial score (nSPS) is 10.7. The lowest BCUT2D eigenvalue weighted by Gasteiger charge is -1.94. The topological polar surface area (TPSA) is 37.3 Å². The molecule has 1 N–H and O–H groups in total. The second-order valence-electron chi connectivity index (χ2n) is 2.38. The molecule has 0 spiro atoms. The van der Waals surface area contributed by atoms with Crippen LogP contribution >= 0.6 is 0 Å². The number of aliphatic hydroxyl groups excluding tert-OH is 1. The molecule has 0 unspecified atom stereocenters. The molecular formula is C8H12O2. The van der Waals surface area contributed by atoms with E-state index in [9.17, 15) is 4.79 Å². The molecule has 0 atom stereocenters. The largest absolute Gasteiger partial charge is 0.509 e. The van der Waals surface area contributed by atoms with Gasteiger partial charge >= 0.3 is 0 Å². The summed E-state index contributed by atoms with van der Waals surface area (Å²) in [7, 11) is 0. The molecule has 0 amide bonds. The quantitative estimate of drug-likeness (QED) is 0.369. The molecule has 0 aliphatic heterocycles. The molecule has 0 aliphatic rings. The summed E-state index contributed by atoms with van der Waals surface area (Å²) in [6.45, 7) is 6.80. The Bertz CT molecular complexity index is 166. The fraction of sp³-hybridized carbons (Fsp3) is 0.375. The van der Waals surface area contributed by atoms with E-state index >= 15 is 0 Å². The van der Waals surface area contributed by atoms with E-state index in [0.717, 1.165) is 0 Å². The van der Waals surface area contributed by atoms with Crippen molar-refractivity contribution in [2.24, 2.45) is 5.92 Å². The number of carbonyl (C=O) groups excluding carboxylic acids is 1. The van der Waals surface area contributed by atoms with E-state index in [1.54, 1.807) is 13.8 Å². The highest BCUT2D eigenvalue weighted by atomic mass is 16.3. The van der Waals surface area contributed by atoms with Crippen LogP contribution in [0.2, 0.25) is 0 Å². The molecule has 0 aromatic rings. The zero-order valence-corrected chi connectivity index (χ0v) is 6.29. The standard InChI is InChI=1S/C8H12O2/c1-6(2)8(10)5-4-7(3)9/h4-6,9H,3H2,1-2H3/b5-4-. The van der Waals surface area contributed by atoms with Gasteiger partial charge in [-0.3, -0.25) is 4.79 Å². The first-order valence-electron chi connectivity index (χ1n) is 3.14. The first kappa shape index (κ1) is 8.95. The number of carbonyl (C=O) groups is 1. The number of aliphatic hydroxyl groups is 1. The minimum absolute atomic E-state index is 0.00444. The Kier molecular flexibility index (Phi) is 3.47. The van der Waals surface area contributed by atoms with Crippen LogP contribution in [0.25, 0.3) is 0 Å². The smallest absolute Gasteiger partial charge is 0.158 e. The third kappa shape index (κ3) is 3.89. The first-order chi connectivity index (χ1) is 4.54. The Labute approximate surface area is 60.9 Å². The van der Waals surface area contributed by atoms with Crippen LogP contribution in [0.3, 0.4) is 0 Å². The van der Waals surface area contributed by atoms with Crippen molar-refractivity contribution in [1.82, 2.24) is 0 Å². The van der Waals surface area contributed by atoms with Crippen LogP contribution < -0.4 is 0 Å². The molecule has 2 nitrogen and oxygen atoms in total. The van der Waals surface area contributed by atoms with Gasteiger partial charge < -0.3 is 5.11 Å². The molecule has 0 fully saturated rings. The lowest BCUT2D eigenvalue weighted by molar-refractivity contribution is -0.117. The van der Waals surface area contributed by atoms with E-state index in [1.165, 1.54) is 12.2 Å². The summed E-state index contributed by atoms with van der Waals surface area (Å²) in [5.74, 6) is -0.111. The molecule has 0 aromatic carbocycles. The fourth-order valence-corrected chi connectivity index (χ4v) is 0.371. The van der Waals surface area contributed by atoms with E-state index in [-0.39, 0.29) is 17.5 Å². The SMILES string of the molecule is C=C(O)/C=C\C(=O)C(C)C. The molecule has 0 aromatic heterocycles. The van der Waals surface area contributed by atoms with Crippen LogP contribution in [-0.4, -0.2) is 10.9 Å². The Morgan fingerprint density at radius 1 is 1.50 bits per heavy atom. The minimum atomic E-state index is -0.0889. The average molecular weight is 140 g/mol. The predicted molar refractivity (Wildman–Crippen MR) is 40.8 cm³/mol. The van der Waals surface area contributed by atoms with Crippen molar-refractivity contribution < 1.29 is 9.90 Å². The highest BCUT2D eigenvalue weighted by molar-refractivity contribution is 5.91. The van der Waals surface area contributed by atoms with Crippen LogP contribution in [0, 0.1) is 5.92 Å². The summed E-state index contributed by atoms with van der Waals surface area (Å²) in [4.78, 5) is 10.8. The van der Waals surface area contributed by atoms with Crippen molar-refractivity contribution in [3.8, 4) is 0 Å². The van der Waals surface area contributed by atoms with Crippen molar-refractivity contribution in [2.75, 3.05) is 0 Å². The zero-order valence-electron chi connectivity index (χ0n) is 6.29. The number of hydrogen-bond acceptors (Lipinski definition) is 2. The number of allylic oxidation sites excluding steroid dienone is 2. The Balaban J connectivity index is 3.90. The zero-order chi connectivity index (χ0) is 8.15. The van der Waals surface area contributed by atoms with E-state index in [1.807, 2.05) is 0 Å². The van der Waals surface area contributed by atoms with Crippen LogP contribution in [0.4, 0.5) is 0 Å². The maximum Gasteiger partial charge on any atom is 0.158 e. The van der Waals surface area contributed by atoms with Gasteiger partial charge in [0.15, 0.2) is 5.78 Å². The van der Waals surface area contributed by atoms with E-state index in [0.29, 0.717) is 0 Å². The lowest BCUT2D eigenvalue weighted by atomic mass is 10.1. The summed E-state index contributed by atoms with van der Waals surface area (Å²) in [6, 6.07) is 0. The molecule has 0 heterocycles. The average Bonchev–Trinajstić information content (AvgIpc) is 1.82. The Morgan fingerprint density at radius 3 is 2.30 bits per heavy atom. The summed E-state index contributed by atoms with van der Waals surface area (Å²) in [5, 5.41) is 8.55. The monoisotopic (exact) mass is 140 g/mol. The van der Waals surface area contributed by atoms with Gasteiger partial charge in [0.1, 0.15) is 5.76 Å². The third-order valence-corrected chi connectivity index (χ3v) is 1.01. The van der Waals surface area contributed by atoms with Gasteiger partial charge in [-0.15, -0.1) is 0 Å². The summed E-state index contributed by atoms with van der Waals surface area (Å²) >= 11 is 0. The van der Waals surface area contributed by atoms with Crippen LogP contribution in [0.15, 0.2) is 24.5 Å². The Hall–Kier alpha value is -1.05. The number of ketones is 1. The van der Waals surface area contributed by atoms with Crippen molar-refractivity contribution in [1.29, 1.82) is 0 Å². The minimum Gasteiger partial charge on any atom is -0.509 e. The Morgan fingerprint density at radius 2 is 2.00 bits per heavy atom. The van der Waals surface area contributed by atoms with Gasteiger partial charge in [0.2, 0.25) is 0 Å². The first-order valence-corrected chi connectivity index (χ1v) is 3.14. The summed E-state index contributed by atoms with van der Waals surface area (Å²) in [5.41, 5.74) is 0. The van der Waals surface area contributed by atoms with Crippen molar-refractivity contribution in [2.45, 2.75) is 13.8 Å². The summed E-state index contributed by atoms with van der Waals surface area (Å²) < 4.78 is 0. The van der Waals surface area contributed by atoms with E-state index in [2.05, 4.69) is 6.58 Å². The maximum atomic E-state index is 10.8.